The van der Waals surface area contributed by atoms with E-state index in [9.17, 15) is 22.4 Å². The number of halogens is 4. The fourth-order valence-corrected chi connectivity index (χ4v) is 3.43. The molecular formula is C21H13F4NO3. The summed E-state index contributed by atoms with van der Waals surface area (Å²) < 4.78 is 60.1. The highest BCUT2D eigenvalue weighted by Crippen LogP contribution is 2.43. The number of esters is 1. The predicted molar refractivity (Wildman–Crippen MR) is 97.2 cm³/mol. The number of phenols is 1. The van der Waals surface area contributed by atoms with Crippen molar-refractivity contribution in [1.29, 1.82) is 0 Å². The third kappa shape index (κ3) is 2.79. The molecule has 1 heterocycles. The number of benzene rings is 2. The Kier molecular flexibility index (Phi) is 4.41. The van der Waals surface area contributed by atoms with Crippen LogP contribution in [-0.4, -0.2) is 18.1 Å². The van der Waals surface area contributed by atoms with Gasteiger partial charge in [0, 0.05) is 24.0 Å². The number of fused-ring (bicyclic) bond motifs is 2. The van der Waals surface area contributed by atoms with E-state index >= 15 is 0 Å². The Bertz CT molecular complexity index is 1120. The van der Waals surface area contributed by atoms with E-state index in [0.29, 0.717) is 28.9 Å². The lowest BCUT2D eigenvalue weighted by molar-refractivity contribution is -0.128. The fraction of sp³-hybridized carbons (Fsp3) is 0.0952. The van der Waals surface area contributed by atoms with Crippen molar-refractivity contribution in [3.05, 3.63) is 82.6 Å². The number of para-hydroxylation sites is 1. The van der Waals surface area contributed by atoms with Crippen molar-refractivity contribution in [2.75, 3.05) is 11.9 Å². The molecule has 0 unspecified atom stereocenters. The second kappa shape index (κ2) is 6.80. The Morgan fingerprint density at radius 1 is 1.07 bits per heavy atom. The van der Waals surface area contributed by atoms with Gasteiger partial charge in [0.1, 0.15) is 0 Å². The molecule has 0 saturated carbocycles. The lowest BCUT2D eigenvalue weighted by Crippen LogP contribution is -2.28. The van der Waals surface area contributed by atoms with Gasteiger partial charge in [0.05, 0.1) is 5.57 Å². The van der Waals surface area contributed by atoms with Crippen molar-refractivity contribution < 1.29 is 32.2 Å². The molecule has 1 aliphatic heterocycles. The molecule has 1 aliphatic carbocycles. The minimum atomic E-state index is -2.05. The van der Waals surface area contributed by atoms with Gasteiger partial charge in [0.25, 0.3) is 0 Å². The van der Waals surface area contributed by atoms with Crippen LogP contribution in [0.2, 0.25) is 0 Å². The molecule has 2 aliphatic rings. The predicted octanol–water partition coefficient (Wildman–Crippen LogP) is 4.60. The molecule has 0 fully saturated rings. The first kappa shape index (κ1) is 18.8. The van der Waals surface area contributed by atoms with Crippen LogP contribution in [-0.2, 0) is 4.79 Å². The SMILES string of the molecule is CN1C2=CC=CCC2=C(C(=O)Oc2c(F)c(F)c(O)c(F)c2F)c2ccccc21. The third-order valence-electron chi connectivity index (χ3n) is 4.82. The summed E-state index contributed by atoms with van der Waals surface area (Å²) >= 11 is 0. The van der Waals surface area contributed by atoms with E-state index in [1.165, 1.54) is 0 Å². The summed E-state index contributed by atoms with van der Waals surface area (Å²) in [5.74, 6) is -12.6. The molecule has 29 heavy (non-hydrogen) atoms. The quantitative estimate of drug-likeness (QED) is 0.345. The molecule has 2 aromatic rings. The second-order valence-corrected chi connectivity index (χ2v) is 6.44. The van der Waals surface area contributed by atoms with Crippen LogP contribution < -0.4 is 9.64 Å². The first-order valence-electron chi connectivity index (χ1n) is 8.53. The molecule has 2 aromatic carbocycles. The number of hydrogen-bond acceptors (Lipinski definition) is 4. The minimum absolute atomic E-state index is 0.0296. The number of phenolic OH excluding ortho intramolecular Hbond substituents is 1. The number of nitrogens with zero attached hydrogens (tertiary/aromatic N) is 1. The van der Waals surface area contributed by atoms with Gasteiger partial charge in [-0.15, -0.1) is 0 Å². The van der Waals surface area contributed by atoms with Crippen LogP contribution in [0.5, 0.6) is 11.5 Å². The van der Waals surface area contributed by atoms with Crippen molar-refractivity contribution in [3.63, 3.8) is 0 Å². The van der Waals surface area contributed by atoms with Crippen LogP contribution >= 0.6 is 0 Å². The van der Waals surface area contributed by atoms with E-state index in [4.69, 9.17) is 9.84 Å². The van der Waals surface area contributed by atoms with Crippen LogP contribution in [0, 0.1) is 23.3 Å². The number of carbonyl (C=O) groups excluding carboxylic acids is 1. The standard InChI is InChI=1S/C21H13F4NO3/c1-26-12-8-4-2-6-10(12)14(11-7-3-5-9-13(11)26)21(28)29-20-17(24)15(22)19(27)16(23)18(20)25/h2-6,8-9,27H,7H2,1H3. The largest absolute Gasteiger partial charge is 0.503 e. The highest BCUT2D eigenvalue weighted by Gasteiger charge is 2.34. The van der Waals surface area contributed by atoms with Crippen molar-refractivity contribution >= 4 is 17.2 Å². The number of hydrogen-bond donors (Lipinski definition) is 1. The zero-order valence-electron chi connectivity index (χ0n) is 15.0. The van der Waals surface area contributed by atoms with Gasteiger partial charge in [-0.25, -0.2) is 4.79 Å². The smallest absolute Gasteiger partial charge is 0.344 e. The Morgan fingerprint density at radius 2 is 1.72 bits per heavy atom. The molecule has 4 rings (SSSR count). The molecule has 0 aromatic heterocycles. The zero-order chi connectivity index (χ0) is 20.9. The van der Waals surface area contributed by atoms with E-state index < -0.39 is 40.7 Å². The molecule has 0 amide bonds. The maximum atomic E-state index is 14.1. The first-order chi connectivity index (χ1) is 13.8. The molecule has 1 N–H and O–H groups in total. The average molecular weight is 403 g/mol. The molecule has 0 atom stereocenters. The summed E-state index contributed by atoms with van der Waals surface area (Å²) in [6.07, 6.45) is 5.70. The Hall–Kier alpha value is -3.55. The summed E-state index contributed by atoms with van der Waals surface area (Å²) in [6, 6.07) is 6.82. The van der Waals surface area contributed by atoms with Crippen LogP contribution in [0.15, 0.2) is 53.8 Å². The first-order valence-corrected chi connectivity index (χ1v) is 8.53. The van der Waals surface area contributed by atoms with Crippen LogP contribution in [0.4, 0.5) is 23.2 Å². The van der Waals surface area contributed by atoms with E-state index in [1.807, 2.05) is 4.90 Å². The Labute approximate surface area is 162 Å². The molecular weight excluding hydrogens is 390 g/mol. The van der Waals surface area contributed by atoms with Crippen LogP contribution in [0.1, 0.15) is 12.0 Å². The van der Waals surface area contributed by atoms with Gasteiger partial charge in [-0.2, -0.15) is 17.6 Å². The normalized spacial score (nSPS) is 15.1. The van der Waals surface area contributed by atoms with Crippen molar-refractivity contribution in [1.82, 2.24) is 0 Å². The number of allylic oxidation sites excluding steroid dienone is 4. The monoisotopic (exact) mass is 403 g/mol. The number of anilines is 1. The maximum Gasteiger partial charge on any atom is 0.344 e. The maximum absolute atomic E-state index is 14.1. The molecule has 148 valence electrons. The summed E-state index contributed by atoms with van der Waals surface area (Å²) in [7, 11) is 1.80. The van der Waals surface area contributed by atoms with E-state index in [0.717, 1.165) is 0 Å². The van der Waals surface area contributed by atoms with Crippen molar-refractivity contribution in [2.45, 2.75) is 6.42 Å². The van der Waals surface area contributed by atoms with Gasteiger partial charge >= 0.3 is 5.97 Å². The van der Waals surface area contributed by atoms with Gasteiger partial charge < -0.3 is 14.7 Å². The number of likely N-dealkylation sites (N-methyl/N-ethyl adjacent to an activating group) is 1. The van der Waals surface area contributed by atoms with Gasteiger partial charge in [-0.3, -0.25) is 0 Å². The Balaban J connectivity index is 1.86. The van der Waals surface area contributed by atoms with E-state index in [1.54, 1.807) is 49.5 Å². The fourth-order valence-electron chi connectivity index (χ4n) is 3.43. The van der Waals surface area contributed by atoms with Gasteiger partial charge in [-0.1, -0.05) is 30.4 Å². The lowest BCUT2D eigenvalue weighted by Gasteiger charge is -2.34. The number of ether oxygens (including phenoxy) is 1. The lowest BCUT2D eigenvalue weighted by atomic mass is 9.87. The molecule has 4 nitrogen and oxygen atoms in total. The van der Waals surface area contributed by atoms with E-state index in [-0.39, 0.29) is 5.57 Å². The molecule has 0 saturated heterocycles. The summed E-state index contributed by atoms with van der Waals surface area (Å²) in [5, 5.41) is 9.09. The molecule has 0 radical (unpaired) electrons. The topological polar surface area (TPSA) is 49.8 Å². The summed E-state index contributed by atoms with van der Waals surface area (Å²) in [6.45, 7) is 0. The highest BCUT2D eigenvalue weighted by atomic mass is 19.2. The van der Waals surface area contributed by atoms with Gasteiger partial charge in [0.15, 0.2) is 5.75 Å². The highest BCUT2D eigenvalue weighted by molar-refractivity contribution is 6.22. The second-order valence-electron chi connectivity index (χ2n) is 6.44. The molecule has 0 bridgehead atoms. The third-order valence-corrected chi connectivity index (χ3v) is 4.82. The summed E-state index contributed by atoms with van der Waals surface area (Å²) in [5.41, 5.74) is 2.35. The van der Waals surface area contributed by atoms with Crippen molar-refractivity contribution in [2.24, 2.45) is 0 Å². The number of carbonyl (C=O) groups is 1. The van der Waals surface area contributed by atoms with Crippen LogP contribution in [0.25, 0.3) is 5.57 Å². The van der Waals surface area contributed by atoms with Crippen molar-refractivity contribution in [3.8, 4) is 11.5 Å². The molecule has 8 heteroatoms. The van der Waals surface area contributed by atoms with Crippen LogP contribution in [0.3, 0.4) is 0 Å². The Morgan fingerprint density at radius 3 is 2.41 bits per heavy atom. The minimum Gasteiger partial charge on any atom is -0.503 e. The average Bonchev–Trinajstić information content (AvgIpc) is 2.74. The number of aromatic hydroxyl groups is 1. The molecule has 0 spiro atoms. The number of rotatable bonds is 2. The zero-order valence-corrected chi connectivity index (χ0v) is 15.0. The van der Waals surface area contributed by atoms with E-state index in [2.05, 4.69) is 0 Å². The van der Waals surface area contributed by atoms with Gasteiger partial charge in [0.2, 0.25) is 29.0 Å². The summed E-state index contributed by atoms with van der Waals surface area (Å²) in [4.78, 5) is 14.8. The van der Waals surface area contributed by atoms with Gasteiger partial charge in [-0.05, 0) is 24.1 Å².